The number of ether oxygens (including phenoxy) is 2. The highest BCUT2D eigenvalue weighted by atomic mass is 35.5. The van der Waals surface area contributed by atoms with E-state index in [1.807, 2.05) is 30.3 Å². The first kappa shape index (κ1) is 24.1. The number of benzene rings is 2. The molecule has 0 spiro atoms. The Kier molecular flexibility index (Phi) is 8.14. The van der Waals surface area contributed by atoms with E-state index in [9.17, 15) is 18.3 Å². The number of rotatable bonds is 10. The van der Waals surface area contributed by atoms with Crippen LogP contribution in [0.5, 0.6) is 5.75 Å². The lowest BCUT2D eigenvalue weighted by atomic mass is 10.1. The first-order valence-corrected chi connectivity index (χ1v) is 12.4. The second kappa shape index (κ2) is 10.8. The minimum absolute atomic E-state index is 0.0281. The maximum atomic E-state index is 12.8. The van der Waals surface area contributed by atoms with E-state index >= 15 is 0 Å². The summed E-state index contributed by atoms with van der Waals surface area (Å²) in [6.45, 7) is 0.763. The van der Waals surface area contributed by atoms with Crippen molar-refractivity contribution in [1.82, 2.24) is 0 Å². The van der Waals surface area contributed by atoms with Crippen LogP contribution in [-0.2, 0) is 19.5 Å². The number of hydrogen-bond donors (Lipinski definition) is 2. The number of esters is 1. The van der Waals surface area contributed by atoms with E-state index in [2.05, 4.69) is 4.72 Å². The van der Waals surface area contributed by atoms with Gasteiger partial charge in [0.05, 0.1) is 12.3 Å². The van der Waals surface area contributed by atoms with Crippen molar-refractivity contribution in [1.29, 1.82) is 0 Å². The molecule has 0 radical (unpaired) electrons. The minimum atomic E-state index is -3.95. The monoisotopic (exact) mass is 495 g/mol. The molecule has 3 aromatic rings. The summed E-state index contributed by atoms with van der Waals surface area (Å²) in [6, 6.07) is 14.6. The largest absolute Gasteiger partial charge is 0.507 e. The topological polar surface area (TPSA) is 102 Å². The lowest BCUT2D eigenvalue weighted by Crippen LogP contribution is -2.12. The van der Waals surface area contributed by atoms with E-state index in [1.165, 1.54) is 18.2 Å². The van der Waals surface area contributed by atoms with Crippen molar-refractivity contribution in [2.24, 2.45) is 0 Å². The van der Waals surface area contributed by atoms with Crippen LogP contribution in [0, 0.1) is 0 Å². The van der Waals surface area contributed by atoms with Gasteiger partial charge < -0.3 is 14.6 Å². The first-order valence-electron chi connectivity index (χ1n) is 9.68. The summed E-state index contributed by atoms with van der Waals surface area (Å²) in [4.78, 5) is 12.1. The number of anilines is 1. The predicted molar refractivity (Wildman–Crippen MR) is 125 cm³/mol. The van der Waals surface area contributed by atoms with Gasteiger partial charge in [-0.1, -0.05) is 41.9 Å². The summed E-state index contributed by atoms with van der Waals surface area (Å²) in [6.07, 6.45) is 1.38. The number of hydrogen-bond acceptors (Lipinski definition) is 7. The number of unbranched alkanes of at least 4 members (excludes halogenated alkanes) is 1. The van der Waals surface area contributed by atoms with E-state index in [4.69, 9.17) is 21.1 Å². The Morgan fingerprint density at radius 3 is 2.50 bits per heavy atom. The molecule has 0 aliphatic carbocycles. The van der Waals surface area contributed by atoms with Gasteiger partial charge in [-0.05, 0) is 36.6 Å². The second-order valence-electron chi connectivity index (χ2n) is 6.79. The second-order valence-corrected chi connectivity index (χ2v) is 10.4. The molecule has 7 nitrogen and oxygen atoms in total. The van der Waals surface area contributed by atoms with E-state index in [0.717, 1.165) is 29.4 Å². The fraction of sp³-hybridized carbons (Fsp3) is 0.227. The van der Waals surface area contributed by atoms with Crippen LogP contribution >= 0.6 is 22.9 Å². The fourth-order valence-electron chi connectivity index (χ4n) is 2.86. The number of aromatic hydroxyl groups is 1. The van der Waals surface area contributed by atoms with Gasteiger partial charge in [-0.15, -0.1) is 11.3 Å². The average molecular weight is 496 g/mol. The molecule has 0 bridgehead atoms. The van der Waals surface area contributed by atoms with Gasteiger partial charge in [0.1, 0.15) is 19.9 Å². The Labute approximate surface area is 195 Å². The average Bonchev–Trinajstić information content (AvgIpc) is 3.16. The van der Waals surface area contributed by atoms with E-state index in [0.29, 0.717) is 22.9 Å². The molecular weight excluding hydrogens is 474 g/mol. The highest BCUT2D eigenvalue weighted by Gasteiger charge is 2.22. The van der Waals surface area contributed by atoms with Crippen LogP contribution in [0.2, 0.25) is 4.34 Å². The number of phenolic OH excluding ortho intramolecular Hbond substituents is 1. The molecule has 0 aliphatic rings. The highest BCUT2D eigenvalue weighted by molar-refractivity contribution is 7.94. The number of sulfonamides is 1. The molecule has 2 aromatic carbocycles. The van der Waals surface area contributed by atoms with Crippen LogP contribution in [0.15, 0.2) is 58.8 Å². The molecule has 0 unspecified atom stereocenters. The number of carbonyl (C=O) groups is 1. The molecular formula is C22H22ClNO6S2. The van der Waals surface area contributed by atoms with Crippen molar-refractivity contribution in [3.63, 3.8) is 0 Å². The third-order valence-electron chi connectivity index (χ3n) is 4.46. The molecule has 1 heterocycles. The normalized spacial score (nSPS) is 11.3. The quantitative estimate of drug-likeness (QED) is 0.297. The molecule has 0 saturated carbocycles. The summed E-state index contributed by atoms with van der Waals surface area (Å²) in [5.74, 6) is -1.08. The minimum Gasteiger partial charge on any atom is -0.507 e. The fourth-order valence-corrected chi connectivity index (χ4v) is 5.67. The van der Waals surface area contributed by atoms with Crippen molar-refractivity contribution in [3.05, 3.63) is 64.5 Å². The lowest BCUT2D eigenvalue weighted by Gasteiger charge is -2.10. The van der Waals surface area contributed by atoms with Crippen molar-refractivity contribution >= 4 is 44.6 Å². The Morgan fingerprint density at radius 2 is 1.81 bits per heavy atom. The number of methoxy groups -OCH3 is 1. The van der Waals surface area contributed by atoms with E-state index in [1.54, 1.807) is 7.11 Å². The van der Waals surface area contributed by atoms with Crippen LogP contribution in [-0.4, -0.2) is 39.8 Å². The molecule has 0 aliphatic heterocycles. The SMILES string of the molecule is COCCCCOC(=O)c1ccc(NS(=O)(=O)c2cc(-c3ccccc3)c(Cl)s2)cc1O. The summed E-state index contributed by atoms with van der Waals surface area (Å²) in [7, 11) is -2.36. The van der Waals surface area contributed by atoms with Crippen LogP contribution in [0.25, 0.3) is 11.1 Å². The standard InChI is InChI=1S/C22H22ClNO6S2/c1-29-11-5-6-12-30-22(26)17-10-9-16(13-19(17)25)24-32(27,28)20-14-18(21(23)31-20)15-7-3-2-4-8-15/h2-4,7-10,13-14,24-25H,5-6,11-12H2,1H3. The summed E-state index contributed by atoms with van der Waals surface area (Å²) in [5.41, 5.74) is 1.47. The molecule has 0 saturated heterocycles. The van der Waals surface area contributed by atoms with Crippen molar-refractivity contribution < 1.29 is 27.8 Å². The van der Waals surface area contributed by atoms with Gasteiger partial charge in [0.2, 0.25) is 0 Å². The van der Waals surface area contributed by atoms with Gasteiger partial charge in [-0.3, -0.25) is 4.72 Å². The lowest BCUT2D eigenvalue weighted by molar-refractivity contribution is 0.0486. The summed E-state index contributed by atoms with van der Waals surface area (Å²) < 4.78 is 38.4. The van der Waals surface area contributed by atoms with Crippen molar-refractivity contribution in [2.75, 3.05) is 25.0 Å². The molecule has 0 fully saturated rings. The Hall–Kier alpha value is -2.59. The molecule has 2 N–H and O–H groups in total. The smallest absolute Gasteiger partial charge is 0.341 e. The third-order valence-corrected chi connectivity index (χ3v) is 7.67. The van der Waals surface area contributed by atoms with Gasteiger partial charge >= 0.3 is 5.97 Å². The Balaban J connectivity index is 1.70. The first-order chi connectivity index (χ1) is 15.3. The van der Waals surface area contributed by atoms with Crippen LogP contribution < -0.4 is 4.72 Å². The molecule has 32 heavy (non-hydrogen) atoms. The van der Waals surface area contributed by atoms with E-state index in [-0.39, 0.29) is 27.8 Å². The van der Waals surface area contributed by atoms with Crippen LogP contribution in [0.1, 0.15) is 23.2 Å². The number of carbonyl (C=O) groups excluding carboxylic acids is 1. The van der Waals surface area contributed by atoms with Crippen LogP contribution in [0.3, 0.4) is 0 Å². The van der Waals surface area contributed by atoms with Gasteiger partial charge in [0.25, 0.3) is 10.0 Å². The maximum Gasteiger partial charge on any atom is 0.341 e. The number of nitrogens with one attached hydrogen (secondary N) is 1. The van der Waals surface area contributed by atoms with Gasteiger partial charge in [-0.2, -0.15) is 0 Å². The summed E-state index contributed by atoms with van der Waals surface area (Å²) >= 11 is 7.20. The number of halogens is 1. The maximum absolute atomic E-state index is 12.8. The molecule has 1 aromatic heterocycles. The van der Waals surface area contributed by atoms with Crippen molar-refractivity contribution in [3.8, 4) is 16.9 Å². The zero-order valence-electron chi connectivity index (χ0n) is 17.2. The number of phenols is 1. The molecule has 0 amide bonds. The Bertz CT molecular complexity index is 1180. The molecule has 10 heteroatoms. The highest BCUT2D eigenvalue weighted by Crippen LogP contribution is 2.38. The van der Waals surface area contributed by atoms with Gasteiger partial charge in [0, 0.05) is 25.3 Å². The summed E-state index contributed by atoms with van der Waals surface area (Å²) in [5, 5.41) is 10.2. The predicted octanol–water partition coefficient (Wildman–Crippen LogP) is 5.16. The zero-order valence-corrected chi connectivity index (χ0v) is 19.6. The third kappa shape index (κ3) is 6.01. The van der Waals surface area contributed by atoms with Gasteiger partial charge in [-0.25, -0.2) is 13.2 Å². The van der Waals surface area contributed by atoms with Crippen molar-refractivity contribution in [2.45, 2.75) is 17.1 Å². The number of thiophene rings is 1. The van der Waals surface area contributed by atoms with E-state index < -0.39 is 16.0 Å². The molecule has 0 atom stereocenters. The van der Waals surface area contributed by atoms with Gasteiger partial charge in [0.15, 0.2) is 0 Å². The Morgan fingerprint density at radius 1 is 1.09 bits per heavy atom. The van der Waals surface area contributed by atoms with Crippen LogP contribution in [0.4, 0.5) is 5.69 Å². The zero-order chi connectivity index (χ0) is 23.1. The molecule has 3 rings (SSSR count). The molecule has 170 valence electrons.